The fourth-order valence-electron chi connectivity index (χ4n) is 3.50. The van der Waals surface area contributed by atoms with Crippen LogP contribution in [0.4, 0.5) is 5.69 Å². The smallest absolute Gasteiger partial charge is 0.266 e. The molecule has 158 valence electrons. The molecule has 30 heavy (non-hydrogen) atoms. The van der Waals surface area contributed by atoms with Gasteiger partial charge in [-0.2, -0.15) is 4.31 Å². The summed E-state index contributed by atoms with van der Waals surface area (Å²) in [4.78, 5) is 14.6. The van der Waals surface area contributed by atoms with Crippen molar-refractivity contribution >= 4 is 32.5 Å². The quantitative estimate of drug-likeness (QED) is 0.504. The summed E-state index contributed by atoms with van der Waals surface area (Å²) in [6.45, 7) is 0.637. The Morgan fingerprint density at radius 1 is 1.20 bits per heavy atom. The molecule has 4 rings (SSSR count). The molecular formula is C20H22N4O5S. The van der Waals surface area contributed by atoms with Crippen LogP contribution < -0.4 is 16.2 Å². The monoisotopic (exact) mass is 430 g/mol. The maximum Gasteiger partial charge on any atom is 0.266 e. The van der Waals surface area contributed by atoms with E-state index in [-0.39, 0.29) is 36.9 Å². The lowest BCUT2D eigenvalue weighted by atomic mass is 10.2. The first-order chi connectivity index (χ1) is 14.4. The first-order valence-electron chi connectivity index (χ1n) is 9.37. The average molecular weight is 430 g/mol. The zero-order valence-corrected chi connectivity index (χ0v) is 16.9. The maximum atomic E-state index is 13.5. The predicted molar refractivity (Wildman–Crippen MR) is 112 cm³/mol. The Balaban J connectivity index is 1.62. The Hall–Kier alpha value is -3.08. The third-order valence-electron chi connectivity index (χ3n) is 4.94. The summed E-state index contributed by atoms with van der Waals surface area (Å²) in [5.41, 5.74) is 11.9. The number of nitrogens with one attached hydrogen (secondary N) is 1. The number of hydrogen-bond acceptors (Lipinski definition) is 6. The maximum absolute atomic E-state index is 13.5. The van der Waals surface area contributed by atoms with Gasteiger partial charge in [-0.25, -0.2) is 8.42 Å². The highest BCUT2D eigenvalue weighted by Crippen LogP contribution is 2.33. The van der Waals surface area contributed by atoms with Gasteiger partial charge in [0.05, 0.1) is 17.8 Å². The Morgan fingerprint density at radius 3 is 2.70 bits per heavy atom. The minimum atomic E-state index is -4.04. The number of sulfonamides is 1. The molecule has 1 saturated heterocycles. The SMILES string of the molecule is NC(=O)c1[nH]c2c(N)cccc2c1S(=O)(=O)N1CCOC(COc2ccccc2)C1. The van der Waals surface area contributed by atoms with Gasteiger partial charge in [-0.1, -0.05) is 30.3 Å². The number of H-pyrrole nitrogens is 1. The highest BCUT2D eigenvalue weighted by molar-refractivity contribution is 7.89. The van der Waals surface area contributed by atoms with Crippen molar-refractivity contribution in [3.05, 3.63) is 54.2 Å². The van der Waals surface area contributed by atoms with Gasteiger partial charge in [0.1, 0.15) is 29.0 Å². The van der Waals surface area contributed by atoms with E-state index in [1.54, 1.807) is 18.2 Å². The Kier molecular flexibility index (Phi) is 5.37. The van der Waals surface area contributed by atoms with Crippen molar-refractivity contribution in [1.29, 1.82) is 0 Å². The zero-order valence-electron chi connectivity index (χ0n) is 16.1. The van der Waals surface area contributed by atoms with Crippen molar-refractivity contribution in [2.45, 2.75) is 11.0 Å². The molecule has 5 N–H and O–H groups in total. The van der Waals surface area contributed by atoms with Crippen molar-refractivity contribution in [3.8, 4) is 5.75 Å². The number of fused-ring (bicyclic) bond motifs is 1. The number of aromatic nitrogens is 1. The van der Waals surface area contributed by atoms with Crippen LogP contribution in [0.3, 0.4) is 0 Å². The number of rotatable bonds is 6. The van der Waals surface area contributed by atoms with Gasteiger partial charge in [0, 0.05) is 18.5 Å². The number of hydrogen-bond donors (Lipinski definition) is 3. The lowest BCUT2D eigenvalue weighted by Gasteiger charge is -2.32. The third-order valence-corrected chi connectivity index (χ3v) is 6.89. The van der Waals surface area contributed by atoms with Crippen LogP contribution >= 0.6 is 0 Å². The molecule has 2 aromatic carbocycles. The summed E-state index contributed by atoms with van der Waals surface area (Å²) in [7, 11) is -4.04. The molecule has 0 bridgehead atoms. The van der Waals surface area contributed by atoms with E-state index in [4.69, 9.17) is 20.9 Å². The zero-order chi connectivity index (χ0) is 21.3. The second-order valence-corrected chi connectivity index (χ2v) is 8.82. The molecule has 0 saturated carbocycles. The summed E-state index contributed by atoms with van der Waals surface area (Å²) in [6.07, 6.45) is -0.457. The summed E-state index contributed by atoms with van der Waals surface area (Å²) < 4.78 is 39.6. The predicted octanol–water partition coefficient (Wildman–Crippen LogP) is 1.32. The molecule has 1 fully saturated rings. The molecule has 0 aliphatic carbocycles. The van der Waals surface area contributed by atoms with Gasteiger partial charge in [0.2, 0.25) is 10.0 Å². The van der Waals surface area contributed by atoms with Crippen molar-refractivity contribution < 1.29 is 22.7 Å². The van der Waals surface area contributed by atoms with Crippen LogP contribution in [-0.2, 0) is 14.8 Å². The summed E-state index contributed by atoms with van der Waals surface area (Å²) in [5, 5.41) is 0.326. The van der Waals surface area contributed by atoms with E-state index in [2.05, 4.69) is 4.98 Å². The van der Waals surface area contributed by atoms with E-state index in [1.165, 1.54) is 4.31 Å². The average Bonchev–Trinajstić information content (AvgIpc) is 3.15. The van der Waals surface area contributed by atoms with Crippen molar-refractivity contribution in [2.24, 2.45) is 5.73 Å². The highest BCUT2D eigenvalue weighted by Gasteiger charge is 2.36. The van der Waals surface area contributed by atoms with Crippen LogP contribution in [-0.4, -0.2) is 56.0 Å². The molecule has 1 aliphatic heterocycles. The largest absolute Gasteiger partial charge is 0.491 e. The number of nitrogens with zero attached hydrogens (tertiary/aromatic N) is 1. The Bertz CT molecular complexity index is 1180. The molecule has 1 aromatic heterocycles. The molecule has 1 aliphatic rings. The fraction of sp³-hybridized carbons (Fsp3) is 0.250. The van der Waals surface area contributed by atoms with Crippen LogP contribution in [0.2, 0.25) is 0 Å². The number of anilines is 1. The number of carbonyl (C=O) groups is 1. The van der Waals surface area contributed by atoms with Crippen LogP contribution in [0.25, 0.3) is 10.9 Å². The fourth-order valence-corrected chi connectivity index (χ4v) is 5.30. The molecule has 1 atom stereocenters. The van der Waals surface area contributed by atoms with E-state index >= 15 is 0 Å². The van der Waals surface area contributed by atoms with Gasteiger partial charge in [0.15, 0.2) is 0 Å². The molecule has 0 radical (unpaired) electrons. The lowest BCUT2D eigenvalue weighted by molar-refractivity contribution is -0.0249. The summed E-state index contributed by atoms with van der Waals surface area (Å²) in [5.74, 6) is -0.203. The first kappa shape index (κ1) is 20.2. The number of amides is 1. The molecule has 1 unspecified atom stereocenters. The number of ether oxygens (including phenoxy) is 2. The van der Waals surface area contributed by atoms with Gasteiger partial charge >= 0.3 is 0 Å². The van der Waals surface area contributed by atoms with Crippen LogP contribution in [0.15, 0.2) is 53.4 Å². The summed E-state index contributed by atoms with van der Waals surface area (Å²) >= 11 is 0. The minimum absolute atomic E-state index is 0.0857. The molecule has 10 heteroatoms. The van der Waals surface area contributed by atoms with E-state index in [9.17, 15) is 13.2 Å². The number of nitrogen functional groups attached to an aromatic ring is 1. The van der Waals surface area contributed by atoms with Crippen molar-refractivity contribution in [1.82, 2.24) is 9.29 Å². The van der Waals surface area contributed by atoms with E-state index in [1.807, 2.05) is 30.3 Å². The van der Waals surface area contributed by atoms with E-state index in [0.717, 1.165) is 0 Å². The van der Waals surface area contributed by atoms with Gasteiger partial charge in [-0.15, -0.1) is 0 Å². The van der Waals surface area contributed by atoms with Crippen LogP contribution in [0, 0.1) is 0 Å². The normalized spacial score (nSPS) is 17.8. The van der Waals surface area contributed by atoms with Gasteiger partial charge in [-0.05, 0) is 18.2 Å². The number of benzene rings is 2. The topological polar surface area (TPSA) is 141 Å². The third kappa shape index (κ3) is 3.72. The molecule has 2 heterocycles. The van der Waals surface area contributed by atoms with Gasteiger partial charge < -0.3 is 25.9 Å². The molecule has 0 spiro atoms. The second-order valence-electron chi connectivity index (χ2n) is 6.94. The van der Waals surface area contributed by atoms with Crippen molar-refractivity contribution in [3.63, 3.8) is 0 Å². The van der Waals surface area contributed by atoms with E-state index in [0.29, 0.717) is 22.3 Å². The molecule has 9 nitrogen and oxygen atoms in total. The Labute approximate surface area is 173 Å². The lowest BCUT2D eigenvalue weighted by Crippen LogP contribution is -2.47. The molecule has 1 amide bonds. The Morgan fingerprint density at radius 2 is 1.97 bits per heavy atom. The van der Waals surface area contributed by atoms with Crippen LogP contribution in [0.5, 0.6) is 5.75 Å². The number of morpholine rings is 1. The number of nitrogens with two attached hydrogens (primary N) is 2. The number of primary amides is 1. The standard InChI is InChI=1S/C20H22N4O5S/c21-16-8-4-7-15-17(16)23-18(20(22)25)19(15)30(26,27)24-9-10-28-14(11-24)12-29-13-5-2-1-3-6-13/h1-8,14,23H,9-12,21H2,(H2,22,25). The number of para-hydroxylation sites is 2. The van der Waals surface area contributed by atoms with Crippen molar-refractivity contribution in [2.75, 3.05) is 32.0 Å². The number of aromatic amines is 1. The highest BCUT2D eigenvalue weighted by atomic mass is 32.2. The summed E-state index contributed by atoms with van der Waals surface area (Å²) in [6, 6.07) is 14.0. The van der Waals surface area contributed by atoms with E-state index < -0.39 is 22.0 Å². The molecular weight excluding hydrogens is 408 g/mol. The molecule has 3 aromatic rings. The van der Waals surface area contributed by atoms with Crippen LogP contribution in [0.1, 0.15) is 10.5 Å². The van der Waals surface area contributed by atoms with Gasteiger partial charge in [-0.3, -0.25) is 4.79 Å². The first-order valence-corrected chi connectivity index (χ1v) is 10.8. The second kappa shape index (κ2) is 7.98. The minimum Gasteiger partial charge on any atom is -0.491 e. The van der Waals surface area contributed by atoms with Gasteiger partial charge in [0.25, 0.3) is 5.91 Å². The number of carbonyl (C=O) groups excluding carboxylic acids is 1.